The van der Waals surface area contributed by atoms with Gasteiger partial charge >= 0.3 is 5.97 Å². The maximum atomic E-state index is 11.6. The molecule has 1 heterocycles. The molecule has 2 N–H and O–H groups in total. The summed E-state index contributed by atoms with van der Waals surface area (Å²) in [7, 11) is 1.28. The van der Waals surface area contributed by atoms with Crippen LogP contribution in [0.1, 0.15) is 12.3 Å². The van der Waals surface area contributed by atoms with Crippen LogP contribution in [0.25, 0.3) is 11.1 Å². The van der Waals surface area contributed by atoms with Crippen molar-refractivity contribution in [2.45, 2.75) is 18.9 Å². The Balaban J connectivity index is 1.82. The number of aromatic nitrogens is 1. The Labute approximate surface area is 120 Å². The second-order valence-corrected chi connectivity index (χ2v) is 4.44. The molecule has 1 aromatic carbocycles. The van der Waals surface area contributed by atoms with E-state index < -0.39 is 12.1 Å². The number of para-hydroxylation sites is 2. The van der Waals surface area contributed by atoms with E-state index in [1.807, 2.05) is 24.3 Å². The molecule has 7 heteroatoms. The van der Waals surface area contributed by atoms with Gasteiger partial charge in [-0.15, -0.1) is 0 Å². The Bertz CT molecular complexity index is 604. The fraction of sp³-hybridized carbons (Fsp3) is 0.357. The Hall–Kier alpha value is -2.41. The molecule has 0 fully saturated rings. The van der Waals surface area contributed by atoms with Gasteiger partial charge in [0.25, 0.3) is 0 Å². The number of fused-ring (bicyclic) bond motifs is 1. The summed E-state index contributed by atoms with van der Waals surface area (Å²) in [5.74, 6) is -0.912. The van der Waals surface area contributed by atoms with Gasteiger partial charge in [-0.3, -0.25) is 4.79 Å². The number of carboxylic acids is 1. The highest BCUT2D eigenvalue weighted by atomic mass is 16.5. The van der Waals surface area contributed by atoms with Crippen molar-refractivity contribution in [3.63, 3.8) is 0 Å². The van der Waals surface area contributed by atoms with Gasteiger partial charge in [-0.25, -0.2) is 9.78 Å². The average Bonchev–Trinajstić information content (AvgIpc) is 2.88. The molecule has 0 aliphatic carbocycles. The molecule has 1 amide bonds. The summed E-state index contributed by atoms with van der Waals surface area (Å²) < 4.78 is 10.2. The maximum absolute atomic E-state index is 11.6. The van der Waals surface area contributed by atoms with Crippen molar-refractivity contribution in [1.82, 2.24) is 10.3 Å². The normalized spacial score (nSPS) is 12.2. The van der Waals surface area contributed by atoms with Crippen LogP contribution < -0.4 is 5.32 Å². The van der Waals surface area contributed by atoms with Crippen LogP contribution in [-0.4, -0.2) is 41.7 Å². The molecule has 0 aliphatic rings. The fourth-order valence-corrected chi connectivity index (χ4v) is 1.81. The van der Waals surface area contributed by atoms with Crippen molar-refractivity contribution in [2.75, 3.05) is 13.7 Å². The van der Waals surface area contributed by atoms with E-state index in [9.17, 15) is 9.59 Å². The first kappa shape index (κ1) is 15.0. The monoisotopic (exact) mass is 292 g/mol. The largest absolute Gasteiger partial charge is 0.479 e. The van der Waals surface area contributed by atoms with Gasteiger partial charge in [0.2, 0.25) is 5.91 Å². The van der Waals surface area contributed by atoms with Gasteiger partial charge in [-0.05, 0) is 12.1 Å². The number of carbonyl (C=O) groups is 2. The third-order valence-corrected chi connectivity index (χ3v) is 2.95. The summed E-state index contributed by atoms with van der Waals surface area (Å²) in [5, 5.41) is 11.3. The molecule has 2 rings (SSSR count). The maximum Gasteiger partial charge on any atom is 0.334 e. The summed E-state index contributed by atoms with van der Waals surface area (Å²) in [6, 6.07) is 7.35. The number of ether oxygens (including phenoxy) is 1. The number of benzene rings is 1. The zero-order valence-corrected chi connectivity index (χ0v) is 11.5. The van der Waals surface area contributed by atoms with Gasteiger partial charge in [0.1, 0.15) is 5.52 Å². The molecule has 21 heavy (non-hydrogen) atoms. The summed E-state index contributed by atoms with van der Waals surface area (Å²) in [6.07, 6.45) is -0.521. The minimum Gasteiger partial charge on any atom is -0.479 e. The van der Waals surface area contributed by atoms with Crippen LogP contribution in [0.5, 0.6) is 0 Å². The summed E-state index contributed by atoms with van der Waals surface area (Å²) in [4.78, 5) is 26.6. The van der Waals surface area contributed by atoms with Crippen LogP contribution in [0.15, 0.2) is 28.7 Å². The molecule has 0 spiro atoms. The molecule has 0 aliphatic heterocycles. The summed E-state index contributed by atoms with van der Waals surface area (Å²) >= 11 is 0. The molecule has 0 radical (unpaired) electrons. The molecule has 0 bridgehead atoms. The van der Waals surface area contributed by atoms with E-state index in [1.54, 1.807) is 0 Å². The van der Waals surface area contributed by atoms with E-state index in [1.165, 1.54) is 7.11 Å². The van der Waals surface area contributed by atoms with Crippen molar-refractivity contribution in [1.29, 1.82) is 0 Å². The van der Waals surface area contributed by atoms with Crippen LogP contribution in [0.4, 0.5) is 0 Å². The molecular formula is C14H16N2O5. The number of hydrogen-bond donors (Lipinski definition) is 2. The fourth-order valence-electron chi connectivity index (χ4n) is 1.81. The minimum absolute atomic E-state index is 0.0712. The number of amides is 1. The second-order valence-electron chi connectivity index (χ2n) is 4.44. The first-order valence-electron chi connectivity index (χ1n) is 6.47. The lowest BCUT2D eigenvalue weighted by Crippen LogP contribution is -2.37. The summed E-state index contributed by atoms with van der Waals surface area (Å²) in [5.41, 5.74) is 1.43. The van der Waals surface area contributed by atoms with Gasteiger partial charge in [0.15, 0.2) is 17.6 Å². The van der Waals surface area contributed by atoms with E-state index in [-0.39, 0.29) is 18.9 Å². The number of carbonyl (C=O) groups excluding carboxylic acids is 1. The smallest absolute Gasteiger partial charge is 0.334 e. The van der Waals surface area contributed by atoms with Crippen molar-refractivity contribution >= 4 is 23.0 Å². The van der Waals surface area contributed by atoms with Crippen LogP contribution >= 0.6 is 0 Å². The number of aryl methyl sites for hydroxylation is 1. The first-order chi connectivity index (χ1) is 10.1. The van der Waals surface area contributed by atoms with Crippen molar-refractivity contribution in [2.24, 2.45) is 0 Å². The Morgan fingerprint density at radius 1 is 1.43 bits per heavy atom. The molecule has 1 atom stereocenters. The highest BCUT2D eigenvalue weighted by Crippen LogP contribution is 2.15. The summed E-state index contributed by atoms with van der Waals surface area (Å²) in [6.45, 7) is -0.0712. The molecule has 0 saturated heterocycles. The minimum atomic E-state index is -1.11. The van der Waals surface area contributed by atoms with E-state index >= 15 is 0 Å². The quantitative estimate of drug-likeness (QED) is 0.788. The predicted octanol–water partition coefficient (Wildman–Crippen LogP) is 0.976. The lowest BCUT2D eigenvalue weighted by Gasteiger charge is -2.10. The van der Waals surface area contributed by atoms with Gasteiger partial charge in [0.05, 0.1) is 6.54 Å². The third-order valence-electron chi connectivity index (χ3n) is 2.95. The topological polar surface area (TPSA) is 102 Å². The SMILES string of the molecule is COC(CNC(=O)CCc1nc2ccccc2o1)C(=O)O. The van der Waals surface area contributed by atoms with E-state index in [2.05, 4.69) is 10.3 Å². The van der Waals surface area contributed by atoms with Gasteiger partial charge < -0.3 is 19.6 Å². The number of carboxylic acid groups (broad SMARTS) is 1. The molecule has 7 nitrogen and oxygen atoms in total. The Morgan fingerprint density at radius 3 is 2.86 bits per heavy atom. The van der Waals surface area contributed by atoms with Crippen molar-refractivity contribution < 1.29 is 23.8 Å². The molecular weight excluding hydrogens is 276 g/mol. The van der Waals surface area contributed by atoms with Gasteiger partial charge in [0, 0.05) is 20.0 Å². The lowest BCUT2D eigenvalue weighted by molar-refractivity contribution is -0.148. The van der Waals surface area contributed by atoms with E-state index in [4.69, 9.17) is 14.3 Å². The number of aliphatic carboxylic acids is 1. The van der Waals surface area contributed by atoms with Crippen LogP contribution in [0.2, 0.25) is 0 Å². The molecule has 0 saturated carbocycles. The highest BCUT2D eigenvalue weighted by molar-refractivity contribution is 5.78. The average molecular weight is 292 g/mol. The first-order valence-corrected chi connectivity index (χ1v) is 6.47. The zero-order chi connectivity index (χ0) is 15.2. The Kier molecular flexibility index (Phi) is 4.89. The van der Waals surface area contributed by atoms with Crippen molar-refractivity contribution in [3.05, 3.63) is 30.2 Å². The molecule has 1 unspecified atom stereocenters. The van der Waals surface area contributed by atoms with Crippen LogP contribution in [0.3, 0.4) is 0 Å². The van der Waals surface area contributed by atoms with Gasteiger partial charge in [-0.1, -0.05) is 12.1 Å². The highest BCUT2D eigenvalue weighted by Gasteiger charge is 2.17. The lowest BCUT2D eigenvalue weighted by atomic mass is 10.3. The number of oxazole rings is 1. The van der Waals surface area contributed by atoms with E-state index in [0.717, 1.165) is 5.52 Å². The number of rotatable bonds is 7. The zero-order valence-electron chi connectivity index (χ0n) is 11.5. The third kappa shape index (κ3) is 4.03. The molecule has 2 aromatic rings. The number of hydrogen-bond acceptors (Lipinski definition) is 5. The predicted molar refractivity (Wildman–Crippen MR) is 73.8 cm³/mol. The Morgan fingerprint density at radius 2 is 2.19 bits per heavy atom. The second kappa shape index (κ2) is 6.85. The van der Waals surface area contributed by atoms with Crippen molar-refractivity contribution in [3.8, 4) is 0 Å². The molecule has 1 aromatic heterocycles. The number of nitrogens with zero attached hydrogens (tertiary/aromatic N) is 1. The number of methoxy groups -OCH3 is 1. The van der Waals surface area contributed by atoms with Crippen LogP contribution in [-0.2, 0) is 20.7 Å². The van der Waals surface area contributed by atoms with Crippen LogP contribution in [0, 0.1) is 0 Å². The molecule has 112 valence electrons. The number of nitrogens with one attached hydrogen (secondary N) is 1. The van der Waals surface area contributed by atoms with E-state index in [0.29, 0.717) is 17.9 Å². The standard InChI is InChI=1S/C14H16N2O5/c1-20-11(14(18)19)8-15-12(17)6-7-13-16-9-4-2-3-5-10(9)21-13/h2-5,11H,6-8H2,1H3,(H,15,17)(H,18,19). The van der Waals surface area contributed by atoms with Gasteiger partial charge in [-0.2, -0.15) is 0 Å².